The van der Waals surface area contributed by atoms with Crippen molar-refractivity contribution in [3.63, 3.8) is 0 Å². The lowest BCUT2D eigenvalue weighted by atomic mass is 10.4. The molecule has 7 nitrogen and oxygen atoms in total. The van der Waals surface area contributed by atoms with E-state index >= 15 is 0 Å². The van der Waals surface area contributed by atoms with Crippen molar-refractivity contribution < 1.29 is 0 Å². The van der Waals surface area contributed by atoms with E-state index in [4.69, 9.17) is 5.84 Å². The van der Waals surface area contributed by atoms with Crippen LogP contribution in [0.4, 0.5) is 0 Å². The first-order valence-corrected chi connectivity index (χ1v) is 6.85. The number of H-pyrrole nitrogens is 1. The van der Waals surface area contributed by atoms with Crippen LogP contribution in [-0.2, 0) is 5.75 Å². The van der Waals surface area contributed by atoms with Gasteiger partial charge >= 0.3 is 0 Å². The molecular weight excluding hydrogens is 272 g/mol. The molecule has 0 bridgehead atoms. The number of thiophene rings is 1. The first-order valence-electron chi connectivity index (χ1n) is 4.98. The molecule has 0 aliphatic rings. The van der Waals surface area contributed by atoms with Gasteiger partial charge in [0.25, 0.3) is 5.56 Å². The average molecular weight is 280 g/mol. The van der Waals surface area contributed by atoms with Crippen molar-refractivity contribution in [2.45, 2.75) is 10.9 Å². The van der Waals surface area contributed by atoms with E-state index in [1.807, 2.05) is 11.4 Å². The summed E-state index contributed by atoms with van der Waals surface area (Å²) in [5, 5.41) is 9.93. The molecule has 0 aromatic carbocycles. The largest absolute Gasteiger partial charge is 0.336 e. The van der Waals surface area contributed by atoms with Gasteiger partial charge in [-0.2, -0.15) is 0 Å². The van der Waals surface area contributed by atoms with Crippen LogP contribution < -0.4 is 11.4 Å². The van der Waals surface area contributed by atoms with Gasteiger partial charge < -0.3 is 10.8 Å². The molecule has 0 fully saturated rings. The monoisotopic (exact) mass is 280 g/mol. The number of fused-ring (bicyclic) bond motifs is 1. The molecule has 92 valence electrons. The molecule has 3 rings (SSSR count). The minimum atomic E-state index is -0.111. The summed E-state index contributed by atoms with van der Waals surface area (Å²) in [6.07, 6.45) is 1.42. The molecule has 3 heterocycles. The highest BCUT2D eigenvalue weighted by Gasteiger charge is 2.07. The van der Waals surface area contributed by atoms with Crippen molar-refractivity contribution in [1.29, 1.82) is 0 Å². The number of hydrogen-bond donors (Lipinski definition) is 2. The molecule has 9 heteroatoms. The molecule has 0 radical (unpaired) electrons. The van der Waals surface area contributed by atoms with Crippen LogP contribution in [0.25, 0.3) is 10.2 Å². The van der Waals surface area contributed by atoms with E-state index in [2.05, 4.69) is 20.2 Å². The maximum absolute atomic E-state index is 11.7. The molecule has 0 aliphatic heterocycles. The molecule has 0 saturated carbocycles. The van der Waals surface area contributed by atoms with E-state index in [9.17, 15) is 4.79 Å². The zero-order chi connectivity index (χ0) is 12.5. The predicted octanol–water partition coefficient (Wildman–Crippen LogP) is 0.582. The fourth-order valence-electron chi connectivity index (χ4n) is 1.46. The van der Waals surface area contributed by atoms with Gasteiger partial charge in [0.15, 0.2) is 0 Å². The Labute approximate surface area is 109 Å². The van der Waals surface area contributed by atoms with Gasteiger partial charge in [-0.15, -0.1) is 21.5 Å². The van der Waals surface area contributed by atoms with Crippen LogP contribution >= 0.6 is 23.1 Å². The lowest BCUT2D eigenvalue weighted by Crippen LogP contribution is -2.11. The Morgan fingerprint density at radius 1 is 1.56 bits per heavy atom. The molecular formula is C9H8N6OS2. The summed E-state index contributed by atoms with van der Waals surface area (Å²) in [7, 11) is 0. The molecule has 0 aliphatic carbocycles. The lowest BCUT2D eigenvalue weighted by Gasteiger charge is -2.00. The second kappa shape index (κ2) is 4.42. The van der Waals surface area contributed by atoms with Crippen molar-refractivity contribution in [3.05, 3.63) is 34.0 Å². The van der Waals surface area contributed by atoms with Gasteiger partial charge in [0, 0.05) is 0 Å². The number of aromatic amines is 1. The summed E-state index contributed by atoms with van der Waals surface area (Å²) in [6, 6.07) is 1.83. The van der Waals surface area contributed by atoms with Crippen molar-refractivity contribution in [2.24, 2.45) is 0 Å². The van der Waals surface area contributed by atoms with E-state index < -0.39 is 0 Å². The zero-order valence-corrected chi connectivity index (χ0v) is 10.7. The average Bonchev–Trinajstić information content (AvgIpc) is 2.95. The minimum absolute atomic E-state index is 0.111. The Morgan fingerprint density at radius 2 is 2.44 bits per heavy atom. The van der Waals surface area contributed by atoms with E-state index in [1.165, 1.54) is 34.1 Å². The van der Waals surface area contributed by atoms with Crippen LogP contribution in [0.5, 0.6) is 0 Å². The molecule has 0 saturated heterocycles. The highest BCUT2D eigenvalue weighted by atomic mass is 32.2. The summed E-state index contributed by atoms with van der Waals surface area (Å²) < 4.78 is 1.97. The van der Waals surface area contributed by atoms with E-state index in [-0.39, 0.29) is 5.56 Å². The SMILES string of the molecule is Nn1cnnc1SCc1nc2ccsc2c(=O)[nH]1. The number of rotatable bonds is 3. The van der Waals surface area contributed by atoms with Crippen LogP contribution in [0.2, 0.25) is 0 Å². The van der Waals surface area contributed by atoms with Crippen LogP contribution in [0.1, 0.15) is 5.82 Å². The Hall–Kier alpha value is -1.87. The third-order valence-electron chi connectivity index (χ3n) is 2.24. The van der Waals surface area contributed by atoms with Gasteiger partial charge in [-0.25, -0.2) is 9.66 Å². The molecule has 3 aromatic heterocycles. The number of nitrogens with one attached hydrogen (secondary N) is 1. The Morgan fingerprint density at radius 3 is 3.22 bits per heavy atom. The van der Waals surface area contributed by atoms with E-state index in [1.54, 1.807) is 0 Å². The van der Waals surface area contributed by atoms with E-state index in [0.717, 1.165) is 0 Å². The molecule has 0 spiro atoms. The number of aromatic nitrogens is 5. The van der Waals surface area contributed by atoms with Crippen LogP contribution in [0.15, 0.2) is 27.7 Å². The summed E-state index contributed by atoms with van der Waals surface area (Å²) in [5.74, 6) is 6.67. The smallest absolute Gasteiger partial charge is 0.268 e. The molecule has 0 unspecified atom stereocenters. The van der Waals surface area contributed by atoms with E-state index in [0.29, 0.717) is 27.0 Å². The van der Waals surface area contributed by atoms with Gasteiger partial charge in [0.1, 0.15) is 16.9 Å². The third kappa shape index (κ3) is 1.97. The molecule has 3 N–H and O–H groups in total. The number of nitrogens with zero attached hydrogens (tertiary/aromatic N) is 4. The summed E-state index contributed by atoms with van der Waals surface area (Å²) >= 11 is 2.74. The van der Waals surface area contributed by atoms with Gasteiger partial charge in [-0.3, -0.25) is 4.79 Å². The lowest BCUT2D eigenvalue weighted by molar-refractivity contribution is 0.844. The highest BCUT2D eigenvalue weighted by Crippen LogP contribution is 2.19. The number of thioether (sulfide) groups is 1. The second-order valence-electron chi connectivity index (χ2n) is 3.46. The Balaban J connectivity index is 1.87. The van der Waals surface area contributed by atoms with Gasteiger partial charge in [0.2, 0.25) is 5.16 Å². The molecule has 0 amide bonds. The van der Waals surface area contributed by atoms with Crippen LogP contribution in [0, 0.1) is 0 Å². The topological polar surface area (TPSA) is 102 Å². The van der Waals surface area contributed by atoms with Crippen LogP contribution in [0.3, 0.4) is 0 Å². The second-order valence-corrected chi connectivity index (χ2v) is 5.32. The fraction of sp³-hybridized carbons (Fsp3) is 0.111. The first-order chi connectivity index (χ1) is 8.74. The first kappa shape index (κ1) is 11.2. The van der Waals surface area contributed by atoms with Crippen LogP contribution in [-0.4, -0.2) is 24.8 Å². The normalized spacial score (nSPS) is 11.1. The summed E-state index contributed by atoms with van der Waals surface area (Å²) in [4.78, 5) is 18.8. The fourth-order valence-corrected chi connectivity index (χ4v) is 2.89. The third-order valence-corrected chi connectivity index (χ3v) is 4.11. The minimum Gasteiger partial charge on any atom is -0.336 e. The Bertz CT molecular complexity index is 745. The predicted molar refractivity (Wildman–Crippen MR) is 70.0 cm³/mol. The number of nitrogen functional groups attached to an aromatic ring is 1. The van der Waals surface area contributed by atoms with Gasteiger partial charge in [0.05, 0.1) is 11.3 Å². The number of hydrogen-bond acceptors (Lipinski definition) is 7. The number of nitrogens with two attached hydrogens (primary N) is 1. The van der Waals surface area contributed by atoms with Gasteiger partial charge in [-0.05, 0) is 11.4 Å². The molecule has 3 aromatic rings. The maximum Gasteiger partial charge on any atom is 0.268 e. The quantitative estimate of drug-likeness (QED) is 0.537. The maximum atomic E-state index is 11.7. The summed E-state index contributed by atoms with van der Waals surface area (Å²) in [6.45, 7) is 0. The molecule has 0 atom stereocenters. The Kier molecular flexibility index (Phi) is 2.76. The zero-order valence-electron chi connectivity index (χ0n) is 9.03. The summed E-state index contributed by atoms with van der Waals surface area (Å²) in [5.41, 5.74) is 0.605. The molecule has 18 heavy (non-hydrogen) atoms. The van der Waals surface area contributed by atoms with Crippen molar-refractivity contribution in [3.8, 4) is 0 Å². The van der Waals surface area contributed by atoms with Crippen molar-refractivity contribution >= 4 is 33.3 Å². The highest BCUT2D eigenvalue weighted by molar-refractivity contribution is 7.98. The van der Waals surface area contributed by atoms with Crippen molar-refractivity contribution in [2.75, 3.05) is 5.84 Å². The van der Waals surface area contributed by atoms with Crippen molar-refractivity contribution in [1.82, 2.24) is 24.8 Å². The standard InChI is InChI=1S/C9H8N6OS2/c10-15-4-11-14-9(15)18-3-6-12-5-1-2-17-7(5)8(16)13-6/h1-2,4H,3,10H2,(H,12,13,16). The van der Waals surface area contributed by atoms with Gasteiger partial charge in [-0.1, -0.05) is 11.8 Å².